The van der Waals surface area contributed by atoms with Gasteiger partial charge in [-0.05, 0) is 48.4 Å². The Balaban J connectivity index is 1.47. The van der Waals surface area contributed by atoms with E-state index in [1.165, 1.54) is 0 Å². The van der Waals surface area contributed by atoms with Gasteiger partial charge < -0.3 is 4.74 Å². The number of nitrogens with zero attached hydrogens (tertiary/aromatic N) is 4. The number of benzene rings is 2. The molecule has 31 heavy (non-hydrogen) atoms. The molecular formula is C23H21ClN6O. The molecule has 7 nitrogen and oxygen atoms in total. The largest absolute Gasteiger partial charge is 0.493 e. The van der Waals surface area contributed by atoms with Gasteiger partial charge in [-0.15, -0.1) is 0 Å². The van der Waals surface area contributed by atoms with E-state index < -0.39 is 0 Å². The topological polar surface area (TPSA) is 92.4 Å². The predicted octanol–water partition coefficient (Wildman–Crippen LogP) is 5.18. The molecule has 0 saturated carbocycles. The number of fused-ring (bicyclic) bond motifs is 3. The van der Waals surface area contributed by atoms with Crippen LogP contribution in [0.4, 0.5) is 0 Å². The Morgan fingerprint density at radius 1 is 1.00 bits per heavy atom. The van der Waals surface area contributed by atoms with Crippen molar-refractivity contribution >= 4 is 33.7 Å². The highest BCUT2D eigenvalue weighted by atomic mass is 35.5. The predicted molar refractivity (Wildman–Crippen MR) is 121 cm³/mol. The molecule has 0 unspecified atom stereocenters. The number of rotatable bonds is 6. The van der Waals surface area contributed by atoms with Gasteiger partial charge in [0.2, 0.25) is 0 Å². The molecule has 3 aromatic heterocycles. The van der Waals surface area contributed by atoms with Gasteiger partial charge in [-0.1, -0.05) is 31.5 Å². The second kappa shape index (κ2) is 8.00. The van der Waals surface area contributed by atoms with E-state index in [4.69, 9.17) is 26.3 Å². The number of pyridine rings is 1. The van der Waals surface area contributed by atoms with E-state index in [9.17, 15) is 0 Å². The van der Waals surface area contributed by atoms with E-state index in [-0.39, 0.29) is 0 Å². The Kier molecular flexibility index (Phi) is 5.03. The standard InChI is InChI=1S/C23H21ClN6O/c1-13(2)12-31-20-9-6-15(24)10-14(20)11-16-4-3-5-19(25-16)23-26-17-7-8-18-22(21(17)27-23)29-30-28-18/h3-10,13,28,30H,11-12H2,1-2H3. The summed E-state index contributed by atoms with van der Waals surface area (Å²) in [7, 11) is 0. The van der Waals surface area contributed by atoms with Gasteiger partial charge >= 0.3 is 0 Å². The molecule has 2 N–H and O–H groups in total. The summed E-state index contributed by atoms with van der Waals surface area (Å²) < 4.78 is 5.99. The first-order valence-electron chi connectivity index (χ1n) is 10.1. The van der Waals surface area contributed by atoms with Crippen LogP contribution < -0.4 is 4.74 Å². The van der Waals surface area contributed by atoms with Gasteiger partial charge in [-0.25, -0.2) is 20.2 Å². The number of ether oxygens (including phenoxy) is 1. The molecular weight excluding hydrogens is 412 g/mol. The number of halogens is 1. The van der Waals surface area contributed by atoms with Gasteiger partial charge in [0.05, 0.1) is 17.6 Å². The molecule has 0 fully saturated rings. The number of aromatic nitrogens is 6. The summed E-state index contributed by atoms with van der Waals surface area (Å²) in [5.41, 5.74) is 5.79. The first kappa shape index (κ1) is 19.5. The summed E-state index contributed by atoms with van der Waals surface area (Å²) in [5, 5.41) is 10.7. The number of H-pyrrole nitrogens is 2. The summed E-state index contributed by atoms with van der Waals surface area (Å²) in [6, 6.07) is 15.4. The van der Waals surface area contributed by atoms with Crippen LogP contribution in [-0.4, -0.2) is 37.0 Å². The van der Waals surface area contributed by atoms with Crippen LogP contribution in [0.15, 0.2) is 48.5 Å². The Hall–Kier alpha value is -3.45. The minimum absolute atomic E-state index is 0.437. The van der Waals surface area contributed by atoms with E-state index >= 15 is 0 Å². The summed E-state index contributed by atoms with van der Waals surface area (Å²) in [5.74, 6) is 1.85. The Bertz CT molecular complexity index is 1370. The van der Waals surface area contributed by atoms with Crippen molar-refractivity contribution in [3.8, 4) is 17.3 Å². The fourth-order valence-electron chi connectivity index (χ4n) is 3.47. The minimum Gasteiger partial charge on any atom is -0.493 e. The second-order valence-corrected chi connectivity index (χ2v) is 8.31. The van der Waals surface area contributed by atoms with E-state index in [0.29, 0.717) is 35.5 Å². The molecule has 0 bridgehead atoms. The molecule has 0 spiro atoms. The van der Waals surface area contributed by atoms with E-state index in [2.05, 4.69) is 34.2 Å². The molecule has 156 valence electrons. The zero-order valence-corrected chi connectivity index (χ0v) is 17.9. The third-order valence-electron chi connectivity index (χ3n) is 4.93. The molecule has 0 aliphatic heterocycles. The highest BCUT2D eigenvalue weighted by Gasteiger charge is 2.14. The third kappa shape index (κ3) is 3.96. The van der Waals surface area contributed by atoms with Gasteiger partial charge in [-0.2, -0.15) is 5.10 Å². The third-order valence-corrected chi connectivity index (χ3v) is 5.17. The van der Waals surface area contributed by atoms with Crippen molar-refractivity contribution in [1.82, 2.24) is 30.4 Å². The fourth-order valence-corrected chi connectivity index (χ4v) is 3.66. The van der Waals surface area contributed by atoms with Crippen LogP contribution in [0.1, 0.15) is 25.1 Å². The summed E-state index contributed by atoms with van der Waals surface area (Å²) >= 11 is 6.25. The van der Waals surface area contributed by atoms with E-state index in [1.807, 2.05) is 48.5 Å². The average molecular weight is 433 g/mol. The average Bonchev–Trinajstić information content (AvgIpc) is 3.40. The number of nitrogens with one attached hydrogen (secondary N) is 2. The lowest BCUT2D eigenvalue weighted by Gasteiger charge is -2.13. The molecule has 0 saturated heterocycles. The lowest BCUT2D eigenvalue weighted by molar-refractivity contribution is 0.269. The zero-order chi connectivity index (χ0) is 21.4. The minimum atomic E-state index is 0.437. The van der Waals surface area contributed by atoms with Crippen molar-refractivity contribution in [2.45, 2.75) is 20.3 Å². The molecule has 3 heterocycles. The van der Waals surface area contributed by atoms with Crippen LogP contribution >= 0.6 is 11.6 Å². The van der Waals surface area contributed by atoms with Crippen molar-refractivity contribution in [1.29, 1.82) is 0 Å². The molecule has 0 atom stereocenters. The molecule has 0 aliphatic carbocycles. The SMILES string of the molecule is CC(C)COc1ccc(Cl)cc1Cc1cccc(-c2nc3ccc4[nH][nH]nc4c3n2)n1. The Labute approximate surface area is 183 Å². The van der Waals surface area contributed by atoms with Crippen LogP contribution in [0, 0.1) is 5.92 Å². The second-order valence-electron chi connectivity index (χ2n) is 7.87. The molecule has 0 amide bonds. The van der Waals surface area contributed by atoms with Crippen molar-refractivity contribution in [2.75, 3.05) is 6.61 Å². The number of hydrogen-bond donors (Lipinski definition) is 2. The molecule has 0 aliphatic rings. The van der Waals surface area contributed by atoms with Crippen LogP contribution in [0.2, 0.25) is 5.02 Å². The van der Waals surface area contributed by atoms with Gasteiger partial charge in [0, 0.05) is 22.7 Å². The lowest BCUT2D eigenvalue weighted by atomic mass is 10.1. The number of aromatic amines is 2. The van der Waals surface area contributed by atoms with Crippen LogP contribution in [-0.2, 0) is 6.42 Å². The van der Waals surface area contributed by atoms with Gasteiger partial charge in [0.1, 0.15) is 22.5 Å². The molecule has 5 rings (SSSR count). The molecule has 5 aromatic rings. The van der Waals surface area contributed by atoms with Crippen LogP contribution in [0.5, 0.6) is 5.75 Å². The summed E-state index contributed by atoms with van der Waals surface area (Å²) in [4.78, 5) is 14.2. The highest BCUT2D eigenvalue weighted by molar-refractivity contribution is 6.30. The first-order chi connectivity index (χ1) is 15.1. The number of imidazole rings is 1. The summed E-state index contributed by atoms with van der Waals surface area (Å²) in [6.45, 7) is 4.90. The maximum Gasteiger partial charge on any atom is 0.179 e. The maximum absolute atomic E-state index is 6.25. The quantitative estimate of drug-likeness (QED) is 0.386. The maximum atomic E-state index is 6.25. The number of hydrogen-bond acceptors (Lipinski definition) is 5. The normalized spacial score (nSPS) is 11.6. The fraction of sp³-hybridized carbons (Fsp3) is 0.217. The van der Waals surface area contributed by atoms with Gasteiger partial charge in [-0.3, -0.25) is 5.10 Å². The van der Waals surface area contributed by atoms with Crippen molar-refractivity contribution < 1.29 is 4.74 Å². The van der Waals surface area contributed by atoms with Gasteiger partial charge in [0.15, 0.2) is 5.82 Å². The molecule has 8 heteroatoms. The van der Waals surface area contributed by atoms with E-state index in [1.54, 1.807) is 0 Å². The Morgan fingerprint density at radius 2 is 1.90 bits per heavy atom. The van der Waals surface area contributed by atoms with Crippen molar-refractivity contribution in [3.63, 3.8) is 0 Å². The molecule has 0 radical (unpaired) electrons. The first-order valence-corrected chi connectivity index (χ1v) is 10.5. The van der Waals surface area contributed by atoms with Crippen molar-refractivity contribution in [3.05, 3.63) is 64.8 Å². The smallest absolute Gasteiger partial charge is 0.179 e. The van der Waals surface area contributed by atoms with Crippen LogP contribution in [0.3, 0.4) is 0 Å². The van der Waals surface area contributed by atoms with Crippen molar-refractivity contribution in [2.24, 2.45) is 5.92 Å². The van der Waals surface area contributed by atoms with Gasteiger partial charge in [0.25, 0.3) is 0 Å². The highest BCUT2D eigenvalue weighted by Crippen LogP contribution is 2.27. The van der Waals surface area contributed by atoms with E-state index in [0.717, 1.165) is 39.1 Å². The monoisotopic (exact) mass is 432 g/mol. The lowest BCUT2D eigenvalue weighted by Crippen LogP contribution is -2.06. The zero-order valence-electron chi connectivity index (χ0n) is 17.2. The molecule has 2 aromatic carbocycles. The van der Waals surface area contributed by atoms with Crippen LogP contribution in [0.25, 0.3) is 33.6 Å². The summed E-state index contributed by atoms with van der Waals surface area (Å²) in [6.07, 6.45) is 0.598. The Morgan fingerprint density at radius 3 is 2.77 bits per heavy atom.